The number of esters is 1. The SMILES string of the molecule is COC(=O)c1ccnc(OC2CCC(C)CC2)c1N. The van der Waals surface area contributed by atoms with Gasteiger partial charge >= 0.3 is 5.97 Å². The molecule has 0 bridgehead atoms. The van der Waals surface area contributed by atoms with Crippen LogP contribution in [0.4, 0.5) is 5.69 Å². The van der Waals surface area contributed by atoms with E-state index in [1.165, 1.54) is 19.4 Å². The van der Waals surface area contributed by atoms with Crippen LogP contribution in [0.15, 0.2) is 12.3 Å². The molecule has 0 atom stereocenters. The molecule has 2 rings (SSSR count). The Morgan fingerprint density at radius 1 is 1.37 bits per heavy atom. The van der Waals surface area contributed by atoms with Crippen molar-refractivity contribution in [3.63, 3.8) is 0 Å². The molecule has 1 aromatic rings. The third-order valence-electron chi connectivity index (χ3n) is 3.60. The van der Waals surface area contributed by atoms with Crippen molar-refractivity contribution in [2.24, 2.45) is 5.92 Å². The molecule has 1 saturated carbocycles. The summed E-state index contributed by atoms with van der Waals surface area (Å²) in [5.41, 5.74) is 6.48. The van der Waals surface area contributed by atoms with Crippen LogP contribution in [0.1, 0.15) is 43.0 Å². The van der Waals surface area contributed by atoms with Crippen molar-refractivity contribution in [3.8, 4) is 5.88 Å². The molecular formula is C14H20N2O3. The summed E-state index contributed by atoms with van der Waals surface area (Å²) in [6.07, 6.45) is 5.97. The lowest BCUT2D eigenvalue weighted by atomic mass is 9.89. The highest BCUT2D eigenvalue weighted by Gasteiger charge is 2.22. The van der Waals surface area contributed by atoms with Crippen LogP contribution < -0.4 is 10.5 Å². The molecule has 0 aliphatic heterocycles. The van der Waals surface area contributed by atoms with Gasteiger partial charge in [-0.15, -0.1) is 0 Å². The Bertz CT molecular complexity index is 454. The molecule has 0 amide bonds. The van der Waals surface area contributed by atoms with Crippen LogP contribution in [0.5, 0.6) is 5.88 Å². The third-order valence-corrected chi connectivity index (χ3v) is 3.60. The molecule has 5 heteroatoms. The number of ether oxygens (including phenoxy) is 2. The summed E-state index contributed by atoms with van der Waals surface area (Å²) in [6.45, 7) is 2.25. The fourth-order valence-corrected chi connectivity index (χ4v) is 2.34. The molecule has 104 valence electrons. The standard InChI is InChI=1S/C14H20N2O3/c1-9-3-5-10(6-4-9)19-13-12(15)11(7-8-16-13)14(17)18-2/h7-10H,3-6,15H2,1-2H3. The lowest BCUT2D eigenvalue weighted by Crippen LogP contribution is -2.24. The monoisotopic (exact) mass is 264 g/mol. The second-order valence-corrected chi connectivity index (χ2v) is 5.07. The molecule has 1 aliphatic carbocycles. The molecule has 1 heterocycles. The molecule has 0 aromatic carbocycles. The smallest absolute Gasteiger partial charge is 0.340 e. The van der Waals surface area contributed by atoms with E-state index in [0.29, 0.717) is 11.4 Å². The van der Waals surface area contributed by atoms with Crippen molar-refractivity contribution in [1.29, 1.82) is 0 Å². The van der Waals surface area contributed by atoms with E-state index in [1.807, 2.05) is 0 Å². The number of carbonyl (C=O) groups is 1. The van der Waals surface area contributed by atoms with E-state index in [1.54, 1.807) is 0 Å². The van der Waals surface area contributed by atoms with Crippen LogP contribution in [-0.4, -0.2) is 24.2 Å². The van der Waals surface area contributed by atoms with Gasteiger partial charge < -0.3 is 15.2 Å². The van der Waals surface area contributed by atoms with E-state index in [2.05, 4.69) is 16.6 Å². The van der Waals surface area contributed by atoms with Crippen molar-refractivity contribution in [3.05, 3.63) is 17.8 Å². The van der Waals surface area contributed by atoms with Crippen molar-refractivity contribution in [2.75, 3.05) is 12.8 Å². The summed E-state index contributed by atoms with van der Waals surface area (Å²) in [7, 11) is 1.32. The number of aromatic nitrogens is 1. The quantitative estimate of drug-likeness (QED) is 0.848. The molecule has 1 fully saturated rings. The Labute approximate surface area is 113 Å². The van der Waals surface area contributed by atoms with Crippen LogP contribution >= 0.6 is 0 Å². The zero-order valence-electron chi connectivity index (χ0n) is 11.4. The molecule has 0 unspecified atom stereocenters. The number of pyridine rings is 1. The Morgan fingerprint density at radius 3 is 2.68 bits per heavy atom. The predicted molar refractivity (Wildman–Crippen MR) is 72.0 cm³/mol. The lowest BCUT2D eigenvalue weighted by molar-refractivity contribution is 0.0600. The van der Waals surface area contributed by atoms with Crippen LogP contribution in [0.3, 0.4) is 0 Å². The maximum atomic E-state index is 11.5. The number of nitrogen functional groups attached to an aromatic ring is 1. The second-order valence-electron chi connectivity index (χ2n) is 5.07. The summed E-state index contributed by atoms with van der Waals surface area (Å²) in [5, 5.41) is 0. The first-order valence-corrected chi connectivity index (χ1v) is 6.61. The van der Waals surface area contributed by atoms with E-state index in [0.717, 1.165) is 31.6 Å². The Hall–Kier alpha value is -1.78. The lowest BCUT2D eigenvalue weighted by Gasteiger charge is -2.26. The summed E-state index contributed by atoms with van der Waals surface area (Å²) in [5.74, 6) is 0.621. The van der Waals surface area contributed by atoms with Crippen LogP contribution in [0.2, 0.25) is 0 Å². The van der Waals surface area contributed by atoms with E-state index in [9.17, 15) is 4.79 Å². The highest BCUT2D eigenvalue weighted by molar-refractivity contribution is 5.95. The maximum absolute atomic E-state index is 11.5. The molecule has 1 aromatic heterocycles. The molecule has 0 saturated heterocycles. The topological polar surface area (TPSA) is 74.4 Å². The predicted octanol–water partition coefficient (Wildman–Crippen LogP) is 2.41. The first-order valence-electron chi connectivity index (χ1n) is 6.61. The molecule has 2 N–H and O–H groups in total. The Balaban J connectivity index is 2.10. The summed E-state index contributed by atoms with van der Waals surface area (Å²) < 4.78 is 10.5. The van der Waals surface area contributed by atoms with Crippen LogP contribution in [0, 0.1) is 5.92 Å². The Kier molecular flexibility index (Phi) is 4.24. The minimum absolute atomic E-state index is 0.138. The van der Waals surface area contributed by atoms with Crippen molar-refractivity contribution in [2.45, 2.75) is 38.7 Å². The van der Waals surface area contributed by atoms with Gasteiger partial charge in [-0.2, -0.15) is 0 Å². The van der Waals surface area contributed by atoms with E-state index in [4.69, 9.17) is 10.5 Å². The van der Waals surface area contributed by atoms with Crippen LogP contribution in [0.25, 0.3) is 0 Å². The number of hydrogen-bond acceptors (Lipinski definition) is 5. The zero-order chi connectivity index (χ0) is 13.8. The minimum Gasteiger partial charge on any atom is -0.473 e. The molecule has 0 spiro atoms. The minimum atomic E-state index is -0.470. The number of methoxy groups -OCH3 is 1. The first-order chi connectivity index (χ1) is 9.11. The van der Waals surface area contributed by atoms with E-state index in [-0.39, 0.29) is 11.8 Å². The average molecular weight is 264 g/mol. The van der Waals surface area contributed by atoms with Gasteiger partial charge in [-0.3, -0.25) is 0 Å². The normalized spacial score (nSPS) is 22.8. The molecule has 5 nitrogen and oxygen atoms in total. The van der Waals surface area contributed by atoms with Gasteiger partial charge in [0.05, 0.1) is 12.7 Å². The highest BCUT2D eigenvalue weighted by atomic mass is 16.5. The van der Waals surface area contributed by atoms with Crippen LogP contribution in [-0.2, 0) is 4.74 Å². The van der Waals surface area contributed by atoms with E-state index < -0.39 is 5.97 Å². The van der Waals surface area contributed by atoms with Gasteiger partial charge in [0.25, 0.3) is 0 Å². The molecule has 0 radical (unpaired) electrons. The van der Waals surface area contributed by atoms with Gasteiger partial charge in [0.1, 0.15) is 11.8 Å². The fourth-order valence-electron chi connectivity index (χ4n) is 2.34. The second kappa shape index (κ2) is 5.91. The van der Waals surface area contributed by atoms with Gasteiger partial charge in [0.15, 0.2) is 0 Å². The third kappa shape index (κ3) is 3.16. The average Bonchev–Trinajstić information content (AvgIpc) is 2.43. The largest absolute Gasteiger partial charge is 0.473 e. The van der Waals surface area contributed by atoms with Gasteiger partial charge in [-0.25, -0.2) is 9.78 Å². The summed E-state index contributed by atoms with van der Waals surface area (Å²) >= 11 is 0. The number of anilines is 1. The zero-order valence-corrected chi connectivity index (χ0v) is 11.4. The van der Waals surface area contributed by atoms with Crippen molar-refractivity contribution >= 4 is 11.7 Å². The van der Waals surface area contributed by atoms with E-state index >= 15 is 0 Å². The molecule has 1 aliphatic rings. The maximum Gasteiger partial charge on any atom is 0.340 e. The van der Waals surface area contributed by atoms with Gasteiger partial charge in [-0.05, 0) is 37.7 Å². The van der Waals surface area contributed by atoms with Gasteiger partial charge in [0, 0.05) is 6.20 Å². The number of nitrogens with two attached hydrogens (primary N) is 1. The number of carbonyl (C=O) groups excluding carboxylic acids is 1. The van der Waals surface area contributed by atoms with Crippen molar-refractivity contribution < 1.29 is 14.3 Å². The van der Waals surface area contributed by atoms with Gasteiger partial charge in [0.2, 0.25) is 5.88 Å². The van der Waals surface area contributed by atoms with Crippen molar-refractivity contribution in [1.82, 2.24) is 4.98 Å². The Morgan fingerprint density at radius 2 is 2.05 bits per heavy atom. The molecular weight excluding hydrogens is 244 g/mol. The summed E-state index contributed by atoms with van der Waals surface area (Å²) in [4.78, 5) is 15.6. The number of rotatable bonds is 3. The van der Waals surface area contributed by atoms with Gasteiger partial charge in [-0.1, -0.05) is 6.92 Å². The highest BCUT2D eigenvalue weighted by Crippen LogP contribution is 2.30. The number of hydrogen-bond donors (Lipinski definition) is 1. The molecule has 19 heavy (non-hydrogen) atoms. The summed E-state index contributed by atoms with van der Waals surface area (Å²) in [6, 6.07) is 1.54. The number of nitrogens with zero attached hydrogens (tertiary/aromatic N) is 1. The first kappa shape index (κ1) is 13.6. The fraction of sp³-hybridized carbons (Fsp3) is 0.571.